The quantitative estimate of drug-likeness (QED) is 0.793. The van der Waals surface area contributed by atoms with Gasteiger partial charge in [0.2, 0.25) is 5.91 Å². The van der Waals surface area contributed by atoms with Gasteiger partial charge < -0.3 is 20.3 Å². The van der Waals surface area contributed by atoms with Gasteiger partial charge in [0.25, 0.3) is 0 Å². The molecule has 0 bridgehead atoms. The molecule has 0 spiro atoms. The topological polar surface area (TPSA) is 77.4 Å². The molecule has 0 aliphatic carbocycles. The van der Waals surface area contributed by atoms with Gasteiger partial charge >= 0.3 is 0 Å². The summed E-state index contributed by atoms with van der Waals surface area (Å²) in [5, 5.41) is 16.1. The number of hydrogen-bond donors (Lipinski definition) is 2. The molecule has 0 unspecified atom stereocenters. The lowest BCUT2D eigenvalue weighted by Gasteiger charge is -2.23. The average Bonchev–Trinajstić information content (AvgIpc) is 3.43. The minimum absolute atomic E-state index is 0.0702. The zero-order valence-electron chi connectivity index (χ0n) is 16.4. The predicted molar refractivity (Wildman–Crippen MR) is 110 cm³/mol. The van der Waals surface area contributed by atoms with Gasteiger partial charge in [0.05, 0.1) is 12.1 Å². The summed E-state index contributed by atoms with van der Waals surface area (Å²) in [4.78, 5) is 14.4. The van der Waals surface area contributed by atoms with Crippen molar-refractivity contribution < 1.29 is 9.53 Å². The fourth-order valence-corrected chi connectivity index (χ4v) is 4.01. The zero-order valence-corrected chi connectivity index (χ0v) is 16.4. The number of amides is 1. The third-order valence-corrected chi connectivity index (χ3v) is 5.61. The Hall–Kier alpha value is -2.88. The molecule has 2 aromatic rings. The third kappa shape index (κ3) is 4.76. The van der Waals surface area contributed by atoms with E-state index in [2.05, 4.69) is 28.8 Å². The normalized spacial score (nSPS) is 23.7. The molecule has 4 rings (SSSR count). The van der Waals surface area contributed by atoms with Crippen LogP contribution in [0.2, 0.25) is 0 Å². The van der Waals surface area contributed by atoms with E-state index < -0.39 is 0 Å². The summed E-state index contributed by atoms with van der Waals surface area (Å²) in [6.07, 6.45) is 2.46. The molecule has 29 heavy (non-hydrogen) atoms. The van der Waals surface area contributed by atoms with Crippen LogP contribution in [0, 0.1) is 11.3 Å². The van der Waals surface area contributed by atoms with Gasteiger partial charge in [-0.1, -0.05) is 30.3 Å². The Bertz CT molecular complexity index is 863. The van der Waals surface area contributed by atoms with Gasteiger partial charge in [-0.25, -0.2) is 0 Å². The molecule has 6 heteroatoms. The number of rotatable bonds is 6. The first kappa shape index (κ1) is 19.4. The molecule has 2 fully saturated rings. The van der Waals surface area contributed by atoms with E-state index in [0.29, 0.717) is 6.54 Å². The van der Waals surface area contributed by atoms with Crippen LogP contribution in [0.25, 0.3) is 0 Å². The fraction of sp³-hybridized carbons (Fsp3) is 0.391. The van der Waals surface area contributed by atoms with Crippen molar-refractivity contribution in [2.75, 3.05) is 13.1 Å². The van der Waals surface area contributed by atoms with Crippen molar-refractivity contribution >= 4 is 5.91 Å². The molecule has 3 atom stereocenters. The molecule has 2 heterocycles. The lowest BCUT2D eigenvalue weighted by Crippen LogP contribution is -2.45. The molecular formula is C23H26N4O2. The molecule has 0 radical (unpaired) electrons. The van der Waals surface area contributed by atoms with Crippen molar-refractivity contribution in [2.45, 2.75) is 43.9 Å². The van der Waals surface area contributed by atoms with Crippen LogP contribution in [-0.4, -0.2) is 42.0 Å². The van der Waals surface area contributed by atoms with Crippen molar-refractivity contribution in [3.05, 3.63) is 60.2 Å². The van der Waals surface area contributed by atoms with Gasteiger partial charge in [0.15, 0.2) is 0 Å². The highest BCUT2D eigenvalue weighted by Gasteiger charge is 2.36. The number of nitrogens with one attached hydrogen (secondary N) is 2. The molecule has 0 saturated carbocycles. The maximum atomic E-state index is 12.7. The van der Waals surface area contributed by atoms with Crippen LogP contribution in [0.1, 0.15) is 24.8 Å². The lowest BCUT2D eigenvalue weighted by atomic mass is 10.1. The molecule has 2 aliphatic heterocycles. The maximum Gasteiger partial charge on any atom is 0.240 e. The Balaban J connectivity index is 1.25. The molecule has 2 N–H and O–H groups in total. The highest BCUT2D eigenvalue weighted by molar-refractivity contribution is 5.83. The molecule has 2 aromatic carbocycles. The van der Waals surface area contributed by atoms with Crippen LogP contribution in [0.5, 0.6) is 11.5 Å². The van der Waals surface area contributed by atoms with E-state index >= 15 is 0 Å². The van der Waals surface area contributed by atoms with Crippen LogP contribution >= 0.6 is 0 Å². The van der Waals surface area contributed by atoms with E-state index in [1.807, 2.05) is 42.5 Å². The maximum absolute atomic E-state index is 12.7. The number of likely N-dealkylation sites (tertiary alicyclic amines) is 1. The summed E-state index contributed by atoms with van der Waals surface area (Å²) in [7, 11) is 0. The van der Waals surface area contributed by atoms with E-state index in [4.69, 9.17) is 4.74 Å². The second-order valence-electron chi connectivity index (χ2n) is 7.65. The molecular weight excluding hydrogens is 364 g/mol. The third-order valence-electron chi connectivity index (χ3n) is 5.61. The monoisotopic (exact) mass is 390 g/mol. The first-order chi connectivity index (χ1) is 14.2. The van der Waals surface area contributed by atoms with Crippen LogP contribution in [0.15, 0.2) is 54.6 Å². The molecule has 6 nitrogen and oxygen atoms in total. The van der Waals surface area contributed by atoms with Gasteiger partial charge in [-0.2, -0.15) is 5.26 Å². The largest absolute Gasteiger partial charge is 0.457 e. The lowest BCUT2D eigenvalue weighted by molar-refractivity contribution is -0.133. The molecule has 0 aromatic heterocycles. The Kier molecular flexibility index (Phi) is 6.09. The molecule has 1 amide bonds. The van der Waals surface area contributed by atoms with Crippen molar-refractivity contribution in [3.63, 3.8) is 0 Å². The van der Waals surface area contributed by atoms with Gasteiger partial charge in [0, 0.05) is 25.7 Å². The van der Waals surface area contributed by atoms with Crippen LogP contribution < -0.4 is 15.4 Å². The second kappa shape index (κ2) is 9.08. The minimum atomic E-state index is -0.257. The Labute approximate surface area is 171 Å². The standard InChI is InChI=1S/C23H26N4O2/c24-14-19-5-4-12-27(19)23(28)22-13-18(16-26-22)25-15-17-8-10-21(11-9-17)29-20-6-2-1-3-7-20/h1-3,6-11,18-19,22,25-26H,4-5,12-13,15-16H2/t18-,19-,22-/m0/s1. The number of para-hydroxylation sites is 1. The molecule has 2 saturated heterocycles. The van der Waals surface area contributed by atoms with E-state index in [0.717, 1.165) is 43.9 Å². The van der Waals surface area contributed by atoms with Gasteiger partial charge in [0.1, 0.15) is 17.5 Å². The van der Waals surface area contributed by atoms with Crippen molar-refractivity contribution in [1.29, 1.82) is 5.26 Å². The van der Waals surface area contributed by atoms with E-state index in [1.165, 1.54) is 5.56 Å². The van der Waals surface area contributed by atoms with E-state index in [1.54, 1.807) is 4.90 Å². The Morgan fingerprint density at radius 1 is 1.17 bits per heavy atom. The minimum Gasteiger partial charge on any atom is -0.457 e. The van der Waals surface area contributed by atoms with Crippen LogP contribution in [0.3, 0.4) is 0 Å². The average molecular weight is 390 g/mol. The summed E-state index contributed by atoms with van der Waals surface area (Å²) >= 11 is 0. The first-order valence-electron chi connectivity index (χ1n) is 10.2. The number of ether oxygens (including phenoxy) is 1. The van der Waals surface area contributed by atoms with E-state index in [-0.39, 0.29) is 24.0 Å². The predicted octanol–water partition coefficient (Wildman–Crippen LogP) is 2.81. The smallest absolute Gasteiger partial charge is 0.240 e. The summed E-state index contributed by atoms with van der Waals surface area (Å²) in [6, 6.07) is 19.8. The number of hydrogen-bond acceptors (Lipinski definition) is 5. The Morgan fingerprint density at radius 2 is 1.93 bits per heavy atom. The SMILES string of the molecule is N#C[C@@H]1CCCN1C(=O)[C@@H]1C[C@H](NCc2ccc(Oc3ccccc3)cc2)CN1. The van der Waals surface area contributed by atoms with Crippen LogP contribution in [0.4, 0.5) is 0 Å². The summed E-state index contributed by atoms with van der Waals surface area (Å²) in [6.45, 7) is 2.20. The number of benzene rings is 2. The van der Waals surface area contributed by atoms with Gasteiger partial charge in [-0.15, -0.1) is 0 Å². The summed E-state index contributed by atoms with van der Waals surface area (Å²) in [5.41, 5.74) is 1.17. The molecule has 150 valence electrons. The zero-order chi connectivity index (χ0) is 20.1. The highest BCUT2D eigenvalue weighted by atomic mass is 16.5. The van der Waals surface area contributed by atoms with Crippen molar-refractivity contribution in [2.24, 2.45) is 0 Å². The Morgan fingerprint density at radius 3 is 2.69 bits per heavy atom. The van der Waals surface area contributed by atoms with Crippen molar-refractivity contribution in [3.8, 4) is 17.6 Å². The summed E-state index contributed by atoms with van der Waals surface area (Å²) in [5.74, 6) is 1.70. The second-order valence-corrected chi connectivity index (χ2v) is 7.65. The van der Waals surface area contributed by atoms with Gasteiger partial charge in [-0.3, -0.25) is 4.79 Å². The summed E-state index contributed by atoms with van der Waals surface area (Å²) < 4.78 is 5.82. The van der Waals surface area contributed by atoms with E-state index in [9.17, 15) is 10.1 Å². The highest BCUT2D eigenvalue weighted by Crippen LogP contribution is 2.22. The number of nitriles is 1. The first-order valence-corrected chi connectivity index (χ1v) is 10.2. The molecule has 2 aliphatic rings. The van der Waals surface area contributed by atoms with Gasteiger partial charge in [-0.05, 0) is 49.1 Å². The number of carbonyl (C=O) groups excluding carboxylic acids is 1. The fourth-order valence-electron chi connectivity index (χ4n) is 4.01. The number of nitrogens with zero attached hydrogens (tertiary/aromatic N) is 2. The van der Waals surface area contributed by atoms with Crippen molar-refractivity contribution in [1.82, 2.24) is 15.5 Å². The van der Waals surface area contributed by atoms with Crippen LogP contribution in [-0.2, 0) is 11.3 Å². The number of carbonyl (C=O) groups is 1.